The zero-order valence-electron chi connectivity index (χ0n) is 15.4. The molecular weight excluding hydrogens is 328 g/mol. The van der Waals surface area contributed by atoms with Gasteiger partial charge in [-0.1, -0.05) is 59.7 Å². The predicted octanol–water partition coefficient (Wildman–Crippen LogP) is 2.50. The number of hydrogen-bond acceptors (Lipinski definition) is 4. The second kappa shape index (κ2) is 9.94. The van der Waals surface area contributed by atoms with Crippen molar-refractivity contribution >= 4 is 6.09 Å². The van der Waals surface area contributed by atoms with E-state index in [9.17, 15) is 4.79 Å². The van der Waals surface area contributed by atoms with E-state index in [1.807, 2.05) is 12.1 Å². The molecule has 2 atom stereocenters. The SMILES string of the molecule is Cc1ccc(C[C@H](N)CO)cc1.Cc1ccc(C[C@H]2COC(=O)N2)cc1. The third kappa shape index (κ3) is 6.86. The molecule has 1 saturated heterocycles. The lowest BCUT2D eigenvalue weighted by molar-refractivity contribution is 0.177. The van der Waals surface area contributed by atoms with Crippen LogP contribution in [0.4, 0.5) is 4.79 Å². The molecule has 0 spiro atoms. The van der Waals surface area contributed by atoms with Gasteiger partial charge in [-0.3, -0.25) is 0 Å². The third-order valence-corrected chi connectivity index (χ3v) is 4.19. The summed E-state index contributed by atoms with van der Waals surface area (Å²) >= 11 is 0. The summed E-state index contributed by atoms with van der Waals surface area (Å²) in [6.45, 7) is 4.64. The lowest BCUT2D eigenvalue weighted by atomic mass is 10.1. The van der Waals surface area contributed by atoms with Crippen LogP contribution in [0.15, 0.2) is 48.5 Å². The highest BCUT2D eigenvalue weighted by Crippen LogP contribution is 2.09. The maximum Gasteiger partial charge on any atom is 0.407 e. The van der Waals surface area contributed by atoms with Crippen LogP contribution in [0.3, 0.4) is 0 Å². The molecule has 1 fully saturated rings. The van der Waals surface area contributed by atoms with Gasteiger partial charge in [0.05, 0.1) is 12.6 Å². The van der Waals surface area contributed by atoms with Crippen molar-refractivity contribution in [2.24, 2.45) is 5.73 Å². The van der Waals surface area contributed by atoms with Gasteiger partial charge >= 0.3 is 6.09 Å². The normalized spacial score (nSPS) is 16.9. The summed E-state index contributed by atoms with van der Waals surface area (Å²) in [7, 11) is 0. The van der Waals surface area contributed by atoms with Crippen molar-refractivity contribution < 1.29 is 14.6 Å². The van der Waals surface area contributed by atoms with Crippen LogP contribution in [-0.2, 0) is 17.6 Å². The first-order valence-corrected chi connectivity index (χ1v) is 8.87. The Labute approximate surface area is 155 Å². The van der Waals surface area contributed by atoms with Crippen LogP contribution in [0.1, 0.15) is 22.3 Å². The molecule has 5 nitrogen and oxygen atoms in total. The van der Waals surface area contributed by atoms with Gasteiger partial charge in [0.1, 0.15) is 6.61 Å². The largest absolute Gasteiger partial charge is 0.447 e. The Morgan fingerprint density at radius 2 is 1.62 bits per heavy atom. The van der Waals surface area contributed by atoms with Crippen molar-refractivity contribution in [3.05, 3.63) is 70.8 Å². The molecule has 3 rings (SSSR count). The Balaban J connectivity index is 0.000000190. The minimum atomic E-state index is -0.304. The smallest absolute Gasteiger partial charge is 0.407 e. The molecule has 26 heavy (non-hydrogen) atoms. The summed E-state index contributed by atoms with van der Waals surface area (Å²) in [4.78, 5) is 10.8. The Morgan fingerprint density at radius 1 is 1.08 bits per heavy atom. The average Bonchev–Trinajstić information content (AvgIpc) is 3.04. The van der Waals surface area contributed by atoms with Crippen molar-refractivity contribution in [1.29, 1.82) is 0 Å². The minimum Gasteiger partial charge on any atom is -0.447 e. The molecular formula is C21H28N2O3. The van der Waals surface area contributed by atoms with Gasteiger partial charge in [-0.15, -0.1) is 0 Å². The van der Waals surface area contributed by atoms with Gasteiger partial charge < -0.3 is 20.9 Å². The highest BCUT2D eigenvalue weighted by Gasteiger charge is 2.21. The quantitative estimate of drug-likeness (QED) is 0.768. The average molecular weight is 356 g/mol. The lowest BCUT2D eigenvalue weighted by Gasteiger charge is -2.07. The summed E-state index contributed by atoms with van der Waals surface area (Å²) in [5.74, 6) is 0. The number of aliphatic hydroxyl groups is 1. The molecule has 140 valence electrons. The Kier molecular flexibility index (Phi) is 7.63. The Bertz CT molecular complexity index is 683. The lowest BCUT2D eigenvalue weighted by Crippen LogP contribution is -2.28. The van der Waals surface area contributed by atoms with Gasteiger partial charge in [0, 0.05) is 6.04 Å². The number of cyclic esters (lactones) is 1. The van der Waals surface area contributed by atoms with Gasteiger partial charge in [0.2, 0.25) is 0 Å². The molecule has 0 radical (unpaired) electrons. The predicted molar refractivity (Wildman–Crippen MR) is 103 cm³/mol. The number of nitrogens with one attached hydrogen (secondary N) is 1. The molecule has 2 aromatic rings. The number of ether oxygens (including phenoxy) is 1. The number of rotatable bonds is 5. The summed E-state index contributed by atoms with van der Waals surface area (Å²) in [5.41, 5.74) is 10.5. The second-order valence-electron chi connectivity index (χ2n) is 6.76. The van der Waals surface area contributed by atoms with E-state index in [1.54, 1.807) is 0 Å². The number of nitrogens with two attached hydrogens (primary N) is 1. The molecule has 1 amide bonds. The molecule has 0 unspecified atom stereocenters. The van der Waals surface area contributed by atoms with Crippen molar-refractivity contribution in [2.45, 2.75) is 38.8 Å². The standard InChI is InChI=1S/C11H13NO2.C10H15NO/c1-8-2-4-9(5-3-8)6-10-7-14-11(13)12-10;1-8-2-4-9(5-3-8)6-10(11)7-12/h2-5,10H,6-7H2,1H3,(H,12,13);2-5,10,12H,6-7,11H2,1H3/t2*10-/m00/s1. The van der Waals surface area contributed by atoms with Crippen LogP contribution in [0.25, 0.3) is 0 Å². The molecule has 1 aliphatic rings. The minimum absolute atomic E-state index is 0.0495. The number of amides is 1. The molecule has 0 aliphatic carbocycles. The van der Waals surface area contributed by atoms with E-state index in [1.165, 1.54) is 22.3 Å². The Morgan fingerprint density at radius 3 is 2.08 bits per heavy atom. The number of aryl methyl sites for hydroxylation is 2. The number of carbonyl (C=O) groups is 1. The molecule has 0 bridgehead atoms. The topological polar surface area (TPSA) is 84.6 Å². The first-order chi connectivity index (χ1) is 12.5. The molecule has 1 heterocycles. The van der Waals surface area contributed by atoms with Gasteiger partial charge in [-0.25, -0.2) is 4.79 Å². The van der Waals surface area contributed by atoms with Crippen molar-refractivity contribution in [2.75, 3.05) is 13.2 Å². The van der Waals surface area contributed by atoms with Crippen LogP contribution in [0.5, 0.6) is 0 Å². The summed E-state index contributed by atoms with van der Waals surface area (Å²) in [6, 6.07) is 16.5. The Hall–Kier alpha value is -2.37. The van der Waals surface area contributed by atoms with E-state index in [4.69, 9.17) is 15.6 Å². The first kappa shape index (κ1) is 19.9. The molecule has 0 aromatic heterocycles. The van der Waals surface area contributed by atoms with Crippen molar-refractivity contribution in [1.82, 2.24) is 5.32 Å². The van der Waals surface area contributed by atoms with Crippen LogP contribution >= 0.6 is 0 Å². The van der Waals surface area contributed by atoms with E-state index >= 15 is 0 Å². The number of alkyl carbamates (subject to hydrolysis) is 1. The fourth-order valence-electron chi connectivity index (χ4n) is 2.64. The molecule has 5 heteroatoms. The summed E-state index contributed by atoms with van der Waals surface area (Å²) < 4.78 is 4.81. The van der Waals surface area contributed by atoms with Gasteiger partial charge in [-0.05, 0) is 37.8 Å². The van der Waals surface area contributed by atoms with Crippen molar-refractivity contribution in [3.8, 4) is 0 Å². The van der Waals surface area contributed by atoms with Crippen LogP contribution in [-0.4, -0.2) is 36.5 Å². The second-order valence-corrected chi connectivity index (χ2v) is 6.76. The van der Waals surface area contributed by atoms with Crippen LogP contribution in [0.2, 0.25) is 0 Å². The maximum atomic E-state index is 10.8. The molecule has 1 aliphatic heterocycles. The van der Waals surface area contributed by atoms with E-state index in [2.05, 4.69) is 55.6 Å². The third-order valence-electron chi connectivity index (χ3n) is 4.19. The van der Waals surface area contributed by atoms with Crippen LogP contribution < -0.4 is 11.1 Å². The summed E-state index contributed by atoms with van der Waals surface area (Å²) in [6.07, 6.45) is 1.28. The van der Waals surface area contributed by atoms with E-state index in [0.717, 1.165) is 12.8 Å². The summed E-state index contributed by atoms with van der Waals surface area (Å²) in [5, 5.41) is 11.5. The number of aliphatic hydroxyl groups excluding tert-OH is 1. The number of carbonyl (C=O) groups excluding carboxylic acids is 1. The molecule has 4 N–H and O–H groups in total. The van der Waals surface area contributed by atoms with E-state index < -0.39 is 0 Å². The first-order valence-electron chi connectivity index (χ1n) is 8.87. The fraction of sp³-hybridized carbons (Fsp3) is 0.381. The van der Waals surface area contributed by atoms with E-state index in [-0.39, 0.29) is 24.8 Å². The molecule has 0 saturated carbocycles. The fourth-order valence-corrected chi connectivity index (χ4v) is 2.64. The van der Waals surface area contributed by atoms with E-state index in [0.29, 0.717) is 6.61 Å². The highest BCUT2D eigenvalue weighted by molar-refractivity contribution is 5.69. The van der Waals surface area contributed by atoms with Gasteiger partial charge in [0.25, 0.3) is 0 Å². The van der Waals surface area contributed by atoms with Crippen molar-refractivity contribution in [3.63, 3.8) is 0 Å². The maximum absolute atomic E-state index is 10.8. The van der Waals surface area contributed by atoms with Crippen LogP contribution in [0, 0.1) is 13.8 Å². The zero-order valence-corrected chi connectivity index (χ0v) is 15.4. The molecule has 2 aromatic carbocycles. The number of benzene rings is 2. The van der Waals surface area contributed by atoms with Gasteiger partial charge in [-0.2, -0.15) is 0 Å². The monoisotopic (exact) mass is 356 g/mol. The zero-order chi connectivity index (χ0) is 18.9. The highest BCUT2D eigenvalue weighted by atomic mass is 16.6. The number of hydrogen-bond donors (Lipinski definition) is 3. The van der Waals surface area contributed by atoms with Gasteiger partial charge in [0.15, 0.2) is 0 Å².